The molecule has 1 aromatic rings. The van der Waals surface area contributed by atoms with Crippen LogP contribution in [0.2, 0.25) is 0 Å². The van der Waals surface area contributed by atoms with Gasteiger partial charge in [-0.05, 0) is 50.6 Å². The highest BCUT2D eigenvalue weighted by Crippen LogP contribution is 2.37. The van der Waals surface area contributed by atoms with Gasteiger partial charge in [0.15, 0.2) is 0 Å². The highest BCUT2D eigenvalue weighted by atomic mass is 16.2. The van der Waals surface area contributed by atoms with Gasteiger partial charge in [-0.1, -0.05) is 13.8 Å². The number of urea groups is 1. The molecular formula is C18H29N5O2. The molecule has 2 aliphatic heterocycles. The molecule has 7 nitrogen and oxygen atoms in total. The molecule has 0 radical (unpaired) electrons. The first-order chi connectivity index (χ1) is 11.9. The molecule has 3 heterocycles. The Morgan fingerprint density at radius 2 is 2.04 bits per heavy atom. The summed E-state index contributed by atoms with van der Waals surface area (Å²) in [4.78, 5) is 31.7. The third-order valence-corrected chi connectivity index (χ3v) is 5.57. The predicted octanol–water partition coefficient (Wildman–Crippen LogP) is 1.65. The molecule has 1 atom stereocenters. The van der Waals surface area contributed by atoms with E-state index in [9.17, 15) is 9.59 Å². The molecule has 2 N–H and O–H groups in total. The van der Waals surface area contributed by atoms with Crippen molar-refractivity contribution in [3.63, 3.8) is 0 Å². The van der Waals surface area contributed by atoms with Crippen LogP contribution in [0.4, 0.5) is 4.79 Å². The van der Waals surface area contributed by atoms with E-state index in [1.807, 2.05) is 17.8 Å². The number of nitrogens with one attached hydrogen (secondary N) is 2. The number of nitrogens with zero attached hydrogens (tertiary/aromatic N) is 3. The summed E-state index contributed by atoms with van der Waals surface area (Å²) in [5.74, 6) is 1.32. The van der Waals surface area contributed by atoms with Gasteiger partial charge in [-0.2, -0.15) is 0 Å². The molecule has 0 saturated carbocycles. The van der Waals surface area contributed by atoms with Crippen LogP contribution in [0.15, 0.2) is 12.4 Å². The number of carbonyl (C=O) groups is 2. The quantitative estimate of drug-likeness (QED) is 0.767. The van der Waals surface area contributed by atoms with Crippen LogP contribution < -0.4 is 10.6 Å². The van der Waals surface area contributed by atoms with Gasteiger partial charge in [0, 0.05) is 19.4 Å². The monoisotopic (exact) mass is 347 g/mol. The largest absolute Gasteiger partial charge is 0.337 e. The molecule has 2 aliphatic rings. The number of imidazole rings is 1. The van der Waals surface area contributed by atoms with Gasteiger partial charge in [-0.3, -0.25) is 9.69 Å². The normalized spacial score (nSPS) is 25.0. The van der Waals surface area contributed by atoms with Crippen molar-refractivity contribution in [2.45, 2.75) is 51.6 Å². The van der Waals surface area contributed by atoms with E-state index in [1.54, 1.807) is 6.20 Å². The number of aryl methyl sites for hydroxylation is 1. The molecule has 2 saturated heterocycles. The van der Waals surface area contributed by atoms with Crippen LogP contribution in [0.5, 0.6) is 0 Å². The summed E-state index contributed by atoms with van der Waals surface area (Å²) in [6, 6.07) is -0.282. The molecule has 25 heavy (non-hydrogen) atoms. The maximum Gasteiger partial charge on any atom is 0.325 e. The number of imide groups is 1. The number of hydrogen-bond donors (Lipinski definition) is 2. The van der Waals surface area contributed by atoms with Crippen molar-refractivity contribution in [2.24, 2.45) is 18.9 Å². The van der Waals surface area contributed by atoms with Gasteiger partial charge in [0.2, 0.25) is 0 Å². The van der Waals surface area contributed by atoms with Crippen molar-refractivity contribution < 1.29 is 9.59 Å². The molecule has 2 fully saturated rings. The Labute approximate surface area is 149 Å². The van der Waals surface area contributed by atoms with E-state index < -0.39 is 5.54 Å². The van der Waals surface area contributed by atoms with Gasteiger partial charge < -0.3 is 15.2 Å². The van der Waals surface area contributed by atoms with Crippen LogP contribution in [0.1, 0.15) is 45.4 Å². The topological polar surface area (TPSA) is 79.3 Å². The van der Waals surface area contributed by atoms with Crippen LogP contribution in [-0.4, -0.2) is 45.0 Å². The van der Waals surface area contributed by atoms with Gasteiger partial charge in [0.25, 0.3) is 5.91 Å². The lowest BCUT2D eigenvalue weighted by molar-refractivity contribution is -0.134. The highest BCUT2D eigenvalue weighted by molar-refractivity contribution is 6.07. The second-order valence-corrected chi connectivity index (χ2v) is 7.70. The van der Waals surface area contributed by atoms with Gasteiger partial charge in [-0.25, -0.2) is 9.78 Å². The van der Waals surface area contributed by atoms with E-state index in [1.165, 1.54) is 4.90 Å². The summed E-state index contributed by atoms with van der Waals surface area (Å²) in [5, 5.41) is 6.45. The Morgan fingerprint density at radius 1 is 1.32 bits per heavy atom. The van der Waals surface area contributed by atoms with Crippen LogP contribution in [-0.2, 0) is 18.4 Å². The second kappa shape index (κ2) is 7.15. The fourth-order valence-corrected chi connectivity index (χ4v) is 3.96. The zero-order valence-corrected chi connectivity index (χ0v) is 15.4. The molecular weight excluding hydrogens is 318 g/mol. The lowest BCUT2D eigenvalue weighted by Crippen LogP contribution is -2.56. The van der Waals surface area contributed by atoms with E-state index in [0.717, 1.165) is 32.4 Å². The first-order valence-corrected chi connectivity index (χ1v) is 9.25. The van der Waals surface area contributed by atoms with Crippen LogP contribution in [0, 0.1) is 11.8 Å². The summed E-state index contributed by atoms with van der Waals surface area (Å²) < 4.78 is 1.85. The van der Waals surface area contributed by atoms with Crippen molar-refractivity contribution in [3.8, 4) is 0 Å². The summed E-state index contributed by atoms with van der Waals surface area (Å²) in [5.41, 5.74) is -0.755. The SMILES string of the molecule is CC(C)CC[C@]1(C2CCNCC2)NC(=O)N(Cc2nccn2C)C1=O. The zero-order valence-electron chi connectivity index (χ0n) is 15.4. The number of carbonyl (C=O) groups excluding carboxylic acids is 2. The van der Waals surface area contributed by atoms with Crippen molar-refractivity contribution in [1.29, 1.82) is 0 Å². The first-order valence-electron chi connectivity index (χ1n) is 9.25. The molecule has 138 valence electrons. The third kappa shape index (κ3) is 3.42. The smallest absolute Gasteiger partial charge is 0.325 e. The van der Waals surface area contributed by atoms with Crippen LogP contribution >= 0.6 is 0 Å². The highest BCUT2D eigenvalue weighted by Gasteiger charge is 2.55. The standard InChI is InChI=1S/C18H29N5O2/c1-13(2)4-7-18(14-5-8-19-9-6-14)16(24)23(17(25)21-18)12-15-20-10-11-22(15)3/h10-11,13-14,19H,4-9,12H2,1-3H3,(H,21,25)/t18-/m1/s1. The predicted molar refractivity (Wildman–Crippen MR) is 94.7 cm³/mol. The molecule has 7 heteroatoms. The van der Waals surface area contributed by atoms with Gasteiger partial charge in [-0.15, -0.1) is 0 Å². The fourth-order valence-electron chi connectivity index (χ4n) is 3.96. The number of aromatic nitrogens is 2. The molecule has 0 bridgehead atoms. The van der Waals surface area contributed by atoms with E-state index >= 15 is 0 Å². The van der Waals surface area contributed by atoms with Crippen LogP contribution in [0.3, 0.4) is 0 Å². The Hall–Kier alpha value is -1.89. The average molecular weight is 347 g/mol. The summed E-state index contributed by atoms with van der Waals surface area (Å²) in [7, 11) is 1.87. The van der Waals surface area contributed by atoms with E-state index in [2.05, 4.69) is 29.5 Å². The van der Waals surface area contributed by atoms with Crippen LogP contribution in [0.25, 0.3) is 0 Å². The van der Waals surface area contributed by atoms with Crippen molar-refractivity contribution in [1.82, 2.24) is 25.1 Å². The molecule has 1 aromatic heterocycles. The minimum atomic E-state index is -0.755. The minimum absolute atomic E-state index is 0.0759. The Bertz CT molecular complexity index is 635. The summed E-state index contributed by atoms with van der Waals surface area (Å²) >= 11 is 0. The maximum atomic E-state index is 13.4. The molecule has 0 aliphatic carbocycles. The van der Waals surface area contributed by atoms with E-state index in [4.69, 9.17) is 0 Å². The molecule has 0 unspecified atom stereocenters. The Morgan fingerprint density at radius 3 is 2.64 bits per heavy atom. The van der Waals surface area contributed by atoms with Gasteiger partial charge >= 0.3 is 6.03 Å². The van der Waals surface area contributed by atoms with Crippen molar-refractivity contribution >= 4 is 11.9 Å². The number of piperidine rings is 1. The van der Waals surface area contributed by atoms with Gasteiger partial charge in [0.1, 0.15) is 11.4 Å². The van der Waals surface area contributed by atoms with E-state index in [-0.39, 0.29) is 24.4 Å². The average Bonchev–Trinajstić information content (AvgIpc) is 3.11. The minimum Gasteiger partial charge on any atom is -0.337 e. The Kier molecular flexibility index (Phi) is 5.13. The summed E-state index contributed by atoms with van der Waals surface area (Å²) in [6.45, 7) is 6.34. The molecule has 3 amide bonds. The summed E-state index contributed by atoms with van der Waals surface area (Å²) in [6.07, 6.45) is 6.98. The molecule has 0 spiro atoms. The number of rotatable bonds is 6. The lowest BCUT2D eigenvalue weighted by atomic mass is 9.74. The molecule has 0 aromatic carbocycles. The second-order valence-electron chi connectivity index (χ2n) is 7.70. The number of hydrogen-bond acceptors (Lipinski definition) is 4. The van der Waals surface area contributed by atoms with Crippen molar-refractivity contribution in [3.05, 3.63) is 18.2 Å². The lowest BCUT2D eigenvalue weighted by Gasteiger charge is -2.38. The maximum absolute atomic E-state index is 13.4. The zero-order chi connectivity index (χ0) is 18.0. The third-order valence-electron chi connectivity index (χ3n) is 5.57. The van der Waals surface area contributed by atoms with Gasteiger partial charge in [0.05, 0.1) is 6.54 Å². The van der Waals surface area contributed by atoms with Crippen molar-refractivity contribution in [2.75, 3.05) is 13.1 Å². The Balaban J connectivity index is 1.85. The number of amides is 3. The first kappa shape index (κ1) is 17.9. The fraction of sp³-hybridized carbons (Fsp3) is 0.722. The van der Waals surface area contributed by atoms with E-state index in [0.29, 0.717) is 18.2 Å². The molecule has 3 rings (SSSR count).